The minimum absolute atomic E-state index is 0.0163. The molecule has 1 aromatic carbocycles. The second-order valence-corrected chi connectivity index (χ2v) is 5.22. The molecule has 0 saturated carbocycles. The number of carbonyl (C=O) groups is 2. The van der Waals surface area contributed by atoms with Gasteiger partial charge in [0.25, 0.3) is 0 Å². The molecule has 1 aromatic rings. The molecule has 19 heavy (non-hydrogen) atoms. The summed E-state index contributed by atoms with van der Waals surface area (Å²) in [5, 5.41) is 0. The zero-order valence-electron chi connectivity index (χ0n) is 11.3. The lowest BCUT2D eigenvalue weighted by atomic mass is 10.0. The van der Waals surface area contributed by atoms with Gasteiger partial charge in [0.2, 0.25) is 0 Å². The standard InChI is InChI=1S/C15H17FO3/c1-10(14(18)19-15(2,3)4)8-11-6-5-7-12(9-17)13(11)16/h5-7,9H,1,8H2,2-4H3. The first kappa shape index (κ1) is 15.1. The fourth-order valence-electron chi connectivity index (χ4n) is 1.48. The number of esters is 1. The third kappa shape index (κ3) is 4.32. The molecule has 0 saturated heterocycles. The van der Waals surface area contributed by atoms with Crippen LogP contribution in [0.3, 0.4) is 0 Å². The van der Waals surface area contributed by atoms with E-state index in [2.05, 4.69) is 6.58 Å². The number of benzene rings is 1. The van der Waals surface area contributed by atoms with Crippen molar-refractivity contribution in [1.29, 1.82) is 0 Å². The first-order chi connectivity index (χ1) is 8.74. The highest BCUT2D eigenvalue weighted by Crippen LogP contribution is 2.17. The van der Waals surface area contributed by atoms with Gasteiger partial charge in [0.1, 0.15) is 11.4 Å². The van der Waals surface area contributed by atoms with Gasteiger partial charge in [-0.25, -0.2) is 9.18 Å². The van der Waals surface area contributed by atoms with Gasteiger partial charge in [-0.05, 0) is 32.4 Å². The van der Waals surface area contributed by atoms with Crippen LogP contribution in [0.5, 0.6) is 0 Å². The van der Waals surface area contributed by atoms with E-state index in [4.69, 9.17) is 4.74 Å². The number of rotatable bonds is 4. The Bertz CT molecular complexity index is 513. The van der Waals surface area contributed by atoms with Crippen molar-refractivity contribution in [2.75, 3.05) is 0 Å². The molecule has 1 rings (SSSR count). The van der Waals surface area contributed by atoms with Crippen LogP contribution in [0, 0.1) is 5.82 Å². The Hall–Kier alpha value is -1.97. The number of carbonyl (C=O) groups excluding carboxylic acids is 2. The fourth-order valence-corrected chi connectivity index (χ4v) is 1.48. The first-order valence-electron chi connectivity index (χ1n) is 5.88. The van der Waals surface area contributed by atoms with Crippen LogP contribution >= 0.6 is 0 Å². The molecular formula is C15H17FO3. The number of ether oxygens (including phenoxy) is 1. The first-order valence-corrected chi connectivity index (χ1v) is 5.88. The van der Waals surface area contributed by atoms with Gasteiger partial charge in [-0.2, -0.15) is 0 Å². The molecule has 0 bridgehead atoms. The van der Waals surface area contributed by atoms with E-state index in [0.717, 1.165) is 0 Å². The molecule has 3 nitrogen and oxygen atoms in total. The molecule has 0 atom stereocenters. The third-order valence-electron chi connectivity index (χ3n) is 2.33. The number of aldehydes is 1. The predicted octanol–water partition coefficient (Wildman–Crippen LogP) is 3.08. The molecule has 4 heteroatoms. The van der Waals surface area contributed by atoms with Crippen LogP contribution in [0.4, 0.5) is 4.39 Å². The van der Waals surface area contributed by atoms with Crippen molar-refractivity contribution in [1.82, 2.24) is 0 Å². The van der Waals surface area contributed by atoms with Crippen molar-refractivity contribution in [3.05, 3.63) is 47.3 Å². The van der Waals surface area contributed by atoms with Gasteiger partial charge in [0.05, 0.1) is 5.56 Å². The molecule has 0 aliphatic rings. The largest absolute Gasteiger partial charge is 0.457 e. The van der Waals surface area contributed by atoms with Gasteiger partial charge in [0.15, 0.2) is 6.29 Å². The van der Waals surface area contributed by atoms with Gasteiger partial charge >= 0.3 is 5.97 Å². The normalized spacial score (nSPS) is 10.9. The minimum Gasteiger partial charge on any atom is -0.457 e. The Morgan fingerprint density at radius 2 is 2.05 bits per heavy atom. The Labute approximate surface area is 112 Å². The summed E-state index contributed by atoms with van der Waals surface area (Å²) in [6, 6.07) is 4.45. The van der Waals surface area contributed by atoms with E-state index in [1.54, 1.807) is 26.8 Å². The second-order valence-electron chi connectivity index (χ2n) is 5.22. The van der Waals surface area contributed by atoms with Crippen LogP contribution in [0.15, 0.2) is 30.4 Å². The monoisotopic (exact) mass is 264 g/mol. The topological polar surface area (TPSA) is 43.4 Å². The molecule has 0 aliphatic carbocycles. The van der Waals surface area contributed by atoms with Crippen LogP contribution in [0.2, 0.25) is 0 Å². The van der Waals surface area contributed by atoms with E-state index in [1.165, 1.54) is 12.1 Å². The third-order valence-corrected chi connectivity index (χ3v) is 2.33. The van der Waals surface area contributed by atoms with Crippen LogP contribution in [0.1, 0.15) is 36.7 Å². The lowest BCUT2D eigenvalue weighted by molar-refractivity contribution is -0.149. The van der Waals surface area contributed by atoms with E-state index < -0.39 is 17.4 Å². The van der Waals surface area contributed by atoms with Gasteiger partial charge in [0, 0.05) is 12.0 Å². The van der Waals surface area contributed by atoms with Crippen molar-refractivity contribution in [3.8, 4) is 0 Å². The van der Waals surface area contributed by atoms with Crippen molar-refractivity contribution < 1.29 is 18.7 Å². The van der Waals surface area contributed by atoms with E-state index in [1.807, 2.05) is 0 Å². The smallest absolute Gasteiger partial charge is 0.334 e. The van der Waals surface area contributed by atoms with Gasteiger partial charge < -0.3 is 4.74 Å². The van der Waals surface area contributed by atoms with Crippen LogP contribution < -0.4 is 0 Å². The fraction of sp³-hybridized carbons (Fsp3) is 0.333. The molecule has 102 valence electrons. The Balaban J connectivity index is 2.83. The molecule has 0 unspecified atom stereocenters. The summed E-state index contributed by atoms with van der Waals surface area (Å²) >= 11 is 0. The Morgan fingerprint density at radius 1 is 1.42 bits per heavy atom. The molecule has 0 heterocycles. The quantitative estimate of drug-likeness (QED) is 0.477. The molecule has 0 N–H and O–H groups in total. The highest BCUT2D eigenvalue weighted by molar-refractivity contribution is 5.88. The summed E-state index contributed by atoms with van der Waals surface area (Å²) < 4.78 is 18.9. The highest BCUT2D eigenvalue weighted by atomic mass is 19.1. The molecular weight excluding hydrogens is 247 g/mol. The lowest BCUT2D eigenvalue weighted by Crippen LogP contribution is -2.25. The summed E-state index contributed by atoms with van der Waals surface area (Å²) in [4.78, 5) is 22.3. The average molecular weight is 264 g/mol. The lowest BCUT2D eigenvalue weighted by Gasteiger charge is -2.20. The predicted molar refractivity (Wildman–Crippen MR) is 70.5 cm³/mol. The van der Waals surface area contributed by atoms with Gasteiger partial charge in [-0.15, -0.1) is 0 Å². The van der Waals surface area contributed by atoms with E-state index >= 15 is 0 Å². The summed E-state index contributed by atoms with van der Waals surface area (Å²) in [5.74, 6) is -1.19. The van der Waals surface area contributed by atoms with Crippen molar-refractivity contribution in [2.24, 2.45) is 0 Å². The van der Waals surface area contributed by atoms with Crippen LogP contribution in [-0.4, -0.2) is 17.9 Å². The van der Waals surface area contributed by atoms with E-state index in [0.29, 0.717) is 6.29 Å². The zero-order chi connectivity index (χ0) is 14.6. The average Bonchev–Trinajstić information content (AvgIpc) is 2.29. The number of hydrogen-bond acceptors (Lipinski definition) is 3. The maximum absolute atomic E-state index is 13.8. The number of halogens is 1. The molecule has 0 aromatic heterocycles. The van der Waals surface area contributed by atoms with Crippen LogP contribution in [-0.2, 0) is 16.0 Å². The van der Waals surface area contributed by atoms with Crippen molar-refractivity contribution >= 4 is 12.3 Å². The molecule has 0 spiro atoms. The highest BCUT2D eigenvalue weighted by Gasteiger charge is 2.20. The van der Waals surface area contributed by atoms with Gasteiger partial charge in [-0.1, -0.05) is 18.7 Å². The summed E-state index contributed by atoms with van der Waals surface area (Å²) in [7, 11) is 0. The maximum Gasteiger partial charge on any atom is 0.334 e. The van der Waals surface area contributed by atoms with Gasteiger partial charge in [-0.3, -0.25) is 4.79 Å². The van der Waals surface area contributed by atoms with E-state index in [-0.39, 0.29) is 23.1 Å². The Morgan fingerprint density at radius 3 is 2.58 bits per heavy atom. The maximum atomic E-state index is 13.8. The Kier molecular flexibility index (Phi) is 4.59. The minimum atomic E-state index is -0.623. The molecule has 0 aliphatic heterocycles. The zero-order valence-corrected chi connectivity index (χ0v) is 11.3. The SMILES string of the molecule is C=C(Cc1cccc(C=O)c1F)C(=O)OC(C)(C)C. The second kappa shape index (κ2) is 5.78. The summed E-state index contributed by atoms with van der Waals surface area (Å²) in [5.41, 5.74) is -0.254. The molecule has 0 amide bonds. The van der Waals surface area contributed by atoms with Crippen LogP contribution in [0.25, 0.3) is 0 Å². The van der Waals surface area contributed by atoms with E-state index in [9.17, 15) is 14.0 Å². The van der Waals surface area contributed by atoms with Crippen molar-refractivity contribution in [3.63, 3.8) is 0 Å². The number of hydrogen-bond donors (Lipinski definition) is 0. The van der Waals surface area contributed by atoms with Crippen molar-refractivity contribution in [2.45, 2.75) is 32.8 Å². The molecule has 0 fully saturated rings. The summed E-state index contributed by atoms with van der Waals surface area (Å²) in [6.07, 6.45) is 0.456. The molecule has 0 radical (unpaired) electrons. The summed E-state index contributed by atoms with van der Waals surface area (Å²) in [6.45, 7) is 8.83.